The molecule has 1 saturated heterocycles. The lowest BCUT2D eigenvalue weighted by Crippen LogP contribution is -2.43. The minimum absolute atomic E-state index is 0.401. The topological polar surface area (TPSA) is 143 Å². The van der Waals surface area contributed by atoms with Crippen LogP contribution in [0.5, 0.6) is 5.75 Å². The molecule has 2 heterocycles. The quantitative estimate of drug-likeness (QED) is 0.470. The lowest BCUT2D eigenvalue weighted by Gasteiger charge is -2.29. The van der Waals surface area contributed by atoms with Gasteiger partial charge in [0.1, 0.15) is 5.75 Å². The summed E-state index contributed by atoms with van der Waals surface area (Å²) in [6.07, 6.45) is -4.68. The normalized spacial score (nSPS) is 13.8. The standard InChI is InChI=1S/C18H21N3O4.C2HF3O2/c1-2-13-15(20-17(23)14(16(13)22)18(24)25)11-3-5-12(6-4-11)21-9-7-19-8-10-21;3-2(4,5)1(6)7/h3-6,19H,2,7-10H2,1H3,(H,24,25)(H2,20,22,23);(H,6,7). The Morgan fingerprint density at radius 3 is 2.06 bits per heavy atom. The maximum Gasteiger partial charge on any atom is 0.490 e. The molecule has 12 heteroatoms. The minimum Gasteiger partial charge on any atom is -0.506 e. The molecule has 1 aliphatic heterocycles. The van der Waals surface area contributed by atoms with Crippen LogP contribution in [0.1, 0.15) is 22.8 Å². The number of aromatic nitrogens is 1. The molecule has 32 heavy (non-hydrogen) atoms. The SMILES string of the molecule is CCc1c(-c2ccc(N3CCNCC3)cc2)[nH]c(=O)c(C(=O)O)c1O.O=C(O)C(F)(F)F. The van der Waals surface area contributed by atoms with Crippen molar-refractivity contribution in [2.24, 2.45) is 0 Å². The first kappa shape index (κ1) is 24.7. The first-order valence-corrected chi connectivity index (χ1v) is 9.55. The van der Waals surface area contributed by atoms with Crippen molar-refractivity contribution in [3.05, 3.63) is 45.7 Å². The number of pyridine rings is 1. The summed E-state index contributed by atoms with van der Waals surface area (Å²) in [5.41, 5.74) is 1.30. The maximum absolute atomic E-state index is 12.0. The van der Waals surface area contributed by atoms with Gasteiger partial charge in [-0.1, -0.05) is 19.1 Å². The Morgan fingerprint density at radius 1 is 1.09 bits per heavy atom. The first-order valence-electron chi connectivity index (χ1n) is 9.55. The zero-order valence-electron chi connectivity index (χ0n) is 17.0. The summed E-state index contributed by atoms with van der Waals surface area (Å²) in [5.74, 6) is -4.65. The number of rotatable bonds is 4. The van der Waals surface area contributed by atoms with Crippen LogP contribution in [0.2, 0.25) is 0 Å². The Morgan fingerprint density at radius 2 is 1.62 bits per heavy atom. The van der Waals surface area contributed by atoms with Crippen molar-refractivity contribution in [1.82, 2.24) is 10.3 Å². The second kappa shape index (κ2) is 10.2. The molecule has 1 aliphatic rings. The summed E-state index contributed by atoms with van der Waals surface area (Å²) in [6, 6.07) is 7.70. The van der Waals surface area contributed by atoms with Crippen LogP contribution in [0.25, 0.3) is 11.3 Å². The highest BCUT2D eigenvalue weighted by atomic mass is 19.4. The Bertz CT molecular complexity index is 1030. The van der Waals surface area contributed by atoms with E-state index in [9.17, 15) is 27.9 Å². The summed E-state index contributed by atoms with van der Waals surface area (Å²) < 4.78 is 31.7. The van der Waals surface area contributed by atoms with E-state index in [1.807, 2.05) is 24.3 Å². The molecule has 5 N–H and O–H groups in total. The van der Waals surface area contributed by atoms with E-state index in [0.29, 0.717) is 17.7 Å². The van der Waals surface area contributed by atoms with Gasteiger partial charge in [0.25, 0.3) is 5.56 Å². The fourth-order valence-corrected chi connectivity index (χ4v) is 3.18. The summed E-state index contributed by atoms with van der Waals surface area (Å²) in [5, 5.41) is 29.8. The molecule has 0 radical (unpaired) electrons. The molecule has 0 atom stereocenters. The molecule has 1 aromatic carbocycles. The van der Waals surface area contributed by atoms with Crippen LogP contribution in [0, 0.1) is 0 Å². The molecule has 1 fully saturated rings. The van der Waals surface area contributed by atoms with Gasteiger partial charge in [-0.15, -0.1) is 0 Å². The van der Waals surface area contributed by atoms with Crippen LogP contribution in [0.4, 0.5) is 18.9 Å². The van der Waals surface area contributed by atoms with Crippen molar-refractivity contribution in [1.29, 1.82) is 0 Å². The highest BCUT2D eigenvalue weighted by molar-refractivity contribution is 5.92. The molecule has 1 aromatic heterocycles. The number of hydrogen-bond acceptors (Lipinski definition) is 6. The average Bonchev–Trinajstić information content (AvgIpc) is 2.73. The lowest BCUT2D eigenvalue weighted by molar-refractivity contribution is -0.192. The third kappa shape index (κ3) is 5.78. The summed E-state index contributed by atoms with van der Waals surface area (Å²) in [6.45, 7) is 5.56. The number of piperazine rings is 1. The molecule has 9 nitrogen and oxygen atoms in total. The lowest BCUT2D eigenvalue weighted by atomic mass is 10.00. The van der Waals surface area contributed by atoms with Crippen LogP contribution in [0.3, 0.4) is 0 Å². The minimum atomic E-state index is -5.08. The highest BCUT2D eigenvalue weighted by Crippen LogP contribution is 2.31. The number of benzene rings is 1. The number of alkyl halides is 3. The van der Waals surface area contributed by atoms with Crippen molar-refractivity contribution in [2.45, 2.75) is 19.5 Å². The maximum atomic E-state index is 12.0. The van der Waals surface area contributed by atoms with Gasteiger partial charge < -0.3 is 30.5 Å². The largest absolute Gasteiger partial charge is 0.506 e. The van der Waals surface area contributed by atoms with Gasteiger partial charge in [-0.2, -0.15) is 13.2 Å². The van der Waals surface area contributed by atoms with E-state index in [4.69, 9.17) is 15.0 Å². The van der Waals surface area contributed by atoms with Crippen molar-refractivity contribution in [3.63, 3.8) is 0 Å². The van der Waals surface area contributed by atoms with Gasteiger partial charge in [-0.25, -0.2) is 9.59 Å². The summed E-state index contributed by atoms with van der Waals surface area (Å²) in [7, 11) is 0. The fraction of sp³-hybridized carbons (Fsp3) is 0.350. The zero-order valence-corrected chi connectivity index (χ0v) is 17.0. The third-order valence-corrected chi connectivity index (χ3v) is 4.74. The molecule has 174 valence electrons. The van der Waals surface area contributed by atoms with Gasteiger partial charge in [0, 0.05) is 37.4 Å². The van der Waals surface area contributed by atoms with Gasteiger partial charge in [0.05, 0.1) is 5.69 Å². The van der Waals surface area contributed by atoms with E-state index >= 15 is 0 Å². The third-order valence-electron chi connectivity index (χ3n) is 4.74. The zero-order chi connectivity index (χ0) is 24.1. The molecule has 0 spiro atoms. The first-order chi connectivity index (χ1) is 15.0. The number of halogens is 3. The van der Waals surface area contributed by atoms with E-state index in [2.05, 4.69) is 15.2 Å². The van der Waals surface area contributed by atoms with Gasteiger partial charge in [-0.05, 0) is 24.1 Å². The molecule has 0 bridgehead atoms. The van der Waals surface area contributed by atoms with E-state index in [-0.39, 0.29) is 0 Å². The number of hydrogen-bond donors (Lipinski definition) is 5. The second-order valence-corrected chi connectivity index (χ2v) is 6.78. The van der Waals surface area contributed by atoms with Gasteiger partial charge in [0.2, 0.25) is 0 Å². The molecule has 0 saturated carbocycles. The number of H-pyrrole nitrogens is 1. The number of carboxylic acids is 2. The van der Waals surface area contributed by atoms with Crippen molar-refractivity contribution < 1.29 is 38.1 Å². The van der Waals surface area contributed by atoms with Crippen molar-refractivity contribution >= 4 is 17.6 Å². The Balaban J connectivity index is 0.000000451. The number of aliphatic carboxylic acids is 1. The molecular weight excluding hydrogens is 435 g/mol. The smallest absolute Gasteiger partial charge is 0.490 e. The Hall–Kier alpha value is -3.54. The van der Waals surface area contributed by atoms with E-state index in [1.54, 1.807) is 6.92 Å². The van der Waals surface area contributed by atoms with Crippen molar-refractivity contribution in [2.75, 3.05) is 31.1 Å². The number of nitrogens with one attached hydrogen (secondary N) is 2. The molecule has 0 unspecified atom stereocenters. The number of aromatic amines is 1. The number of nitrogens with zero attached hydrogens (tertiary/aromatic N) is 1. The molecular formula is C20H22F3N3O6. The molecule has 0 aliphatic carbocycles. The van der Waals surface area contributed by atoms with E-state index in [1.165, 1.54) is 0 Å². The fourth-order valence-electron chi connectivity index (χ4n) is 3.18. The number of carboxylic acid groups (broad SMARTS) is 2. The second-order valence-electron chi connectivity index (χ2n) is 6.78. The predicted molar refractivity (Wildman–Crippen MR) is 109 cm³/mol. The van der Waals surface area contributed by atoms with Crippen LogP contribution in [-0.2, 0) is 11.2 Å². The van der Waals surface area contributed by atoms with Crippen LogP contribution in [0.15, 0.2) is 29.1 Å². The average molecular weight is 457 g/mol. The number of aromatic hydroxyl groups is 1. The van der Waals surface area contributed by atoms with Gasteiger partial charge in [0.15, 0.2) is 5.56 Å². The molecule has 2 aromatic rings. The number of anilines is 1. The molecule has 3 rings (SSSR count). The van der Waals surface area contributed by atoms with Crippen LogP contribution >= 0.6 is 0 Å². The van der Waals surface area contributed by atoms with Crippen LogP contribution in [-0.4, -0.2) is 64.6 Å². The summed E-state index contributed by atoms with van der Waals surface area (Å²) in [4.78, 5) is 37.0. The molecule has 0 amide bonds. The van der Waals surface area contributed by atoms with E-state index < -0.39 is 35.0 Å². The van der Waals surface area contributed by atoms with Crippen LogP contribution < -0.4 is 15.8 Å². The van der Waals surface area contributed by atoms with Crippen molar-refractivity contribution in [3.8, 4) is 17.0 Å². The highest BCUT2D eigenvalue weighted by Gasteiger charge is 2.38. The number of carbonyl (C=O) groups is 2. The van der Waals surface area contributed by atoms with Gasteiger partial charge >= 0.3 is 18.1 Å². The number of aromatic carboxylic acids is 1. The van der Waals surface area contributed by atoms with Gasteiger partial charge in [-0.3, -0.25) is 4.79 Å². The predicted octanol–water partition coefficient (Wildman–Crippen LogP) is 2.05. The summed E-state index contributed by atoms with van der Waals surface area (Å²) >= 11 is 0. The monoisotopic (exact) mass is 457 g/mol. The Kier molecular flexibility index (Phi) is 7.87. The Labute approximate surface area is 180 Å². The van der Waals surface area contributed by atoms with E-state index in [0.717, 1.165) is 37.4 Å².